The van der Waals surface area contributed by atoms with Crippen LogP contribution in [0.25, 0.3) is 0 Å². The van der Waals surface area contributed by atoms with E-state index in [0.29, 0.717) is 5.75 Å². The lowest BCUT2D eigenvalue weighted by Crippen LogP contribution is -2.21. The van der Waals surface area contributed by atoms with E-state index in [2.05, 4.69) is 27.0 Å². The van der Waals surface area contributed by atoms with Crippen molar-refractivity contribution in [3.8, 4) is 0 Å². The number of aryl methyl sites for hydroxylation is 1. The predicted molar refractivity (Wildman–Crippen MR) is 89.8 cm³/mol. The summed E-state index contributed by atoms with van der Waals surface area (Å²) >= 11 is 5.12. The van der Waals surface area contributed by atoms with Crippen LogP contribution >= 0.6 is 27.7 Å². The Morgan fingerprint density at radius 1 is 1.29 bits per heavy atom. The van der Waals surface area contributed by atoms with Crippen LogP contribution in [0, 0.1) is 0 Å². The molecular formula is C17H16BrNOS. The number of hydrogen-bond acceptors (Lipinski definition) is 3. The molecule has 2 aromatic rings. The number of pyridine rings is 1. The quantitative estimate of drug-likeness (QED) is 0.743. The van der Waals surface area contributed by atoms with Gasteiger partial charge in [0.1, 0.15) is 0 Å². The zero-order chi connectivity index (χ0) is 14.7. The van der Waals surface area contributed by atoms with Crippen LogP contribution < -0.4 is 0 Å². The maximum atomic E-state index is 12.6. The van der Waals surface area contributed by atoms with Crippen molar-refractivity contribution >= 4 is 33.5 Å². The van der Waals surface area contributed by atoms with Gasteiger partial charge in [-0.3, -0.25) is 9.78 Å². The fourth-order valence-corrected chi connectivity index (χ4v) is 4.24. The summed E-state index contributed by atoms with van der Waals surface area (Å²) in [6.45, 7) is 0. The number of hydrogen-bond donors (Lipinski definition) is 0. The SMILES string of the molecule is O=C(CSc1ccccc1Br)C1CCCc2cccnc21. The lowest BCUT2D eigenvalue weighted by molar-refractivity contribution is -0.118. The van der Waals surface area contributed by atoms with Crippen LogP contribution in [0.5, 0.6) is 0 Å². The Morgan fingerprint density at radius 3 is 3.00 bits per heavy atom. The van der Waals surface area contributed by atoms with Gasteiger partial charge in [0.15, 0.2) is 5.78 Å². The Labute approximate surface area is 137 Å². The molecule has 1 aromatic heterocycles. The second-order valence-corrected chi connectivity index (χ2v) is 7.05. The van der Waals surface area contributed by atoms with E-state index in [1.807, 2.05) is 30.3 Å². The molecule has 1 aliphatic rings. The molecule has 21 heavy (non-hydrogen) atoms. The Kier molecular flexibility index (Phi) is 4.76. The first-order valence-corrected chi connectivity index (χ1v) is 8.87. The molecule has 0 amide bonds. The van der Waals surface area contributed by atoms with E-state index in [1.165, 1.54) is 5.56 Å². The molecule has 3 rings (SSSR count). The number of rotatable bonds is 4. The molecule has 1 unspecified atom stereocenters. The van der Waals surface area contributed by atoms with E-state index in [0.717, 1.165) is 34.3 Å². The number of ketones is 1. The third-order valence-electron chi connectivity index (χ3n) is 3.79. The van der Waals surface area contributed by atoms with Gasteiger partial charge in [-0.1, -0.05) is 18.2 Å². The Balaban J connectivity index is 1.71. The second kappa shape index (κ2) is 6.75. The van der Waals surface area contributed by atoms with E-state index in [-0.39, 0.29) is 11.7 Å². The van der Waals surface area contributed by atoms with Gasteiger partial charge in [-0.2, -0.15) is 0 Å². The number of benzene rings is 1. The van der Waals surface area contributed by atoms with Gasteiger partial charge in [0.2, 0.25) is 0 Å². The number of nitrogens with zero attached hydrogens (tertiary/aromatic N) is 1. The molecule has 1 aliphatic carbocycles. The second-order valence-electron chi connectivity index (χ2n) is 5.18. The van der Waals surface area contributed by atoms with E-state index in [9.17, 15) is 4.79 Å². The fourth-order valence-electron chi connectivity index (χ4n) is 2.73. The first-order chi connectivity index (χ1) is 10.3. The molecule has 1 heterocycles. The van der Waals surface area contributed by atoms with Crippen molar-refractivity contribution in [2.45, 2.75) is 30.1 Å². The molecule has 0 spiro atoms. The highest BCUT2D eigenvalue weighted by molar-refractivity contribution is 9.10. The molecule has 1 aromatic carbocycles. The maximum Gasteiger partial charge on any atom is 0.152 e. The van der Waals surface area contributed by atoms with Crippen molar-refractivity contribution in [1.29, 1.82) is 0 Å². The summed E-state index contributed by atoms with van der Waals surface area (Å²) in [4.78, 5) is 18.1. The topological polar surface area (TPSA) is 30.0 Å². The summed E-state index contributed by atoms with van der Waals surface area (Å²) in [7, 11) is 0. The van der Waals surface area contributed by atoms with Crippen LogP contribution in [0.15, 0.2) is 52.0 Å². The zero-order valence-corrected chi connectivity index (χ0v) is 14.0. The van der Waals surface area contributed by atoms with Crippen LogP contribution in [0.4, 0.5) is 0 Å². The van der Waals surface area contributed by atoms with E-state index < -0.39 is 0 Å². The van der Waals surface area contributed by atoms with Gasteiger partial charge in [0.25, 0.3) is 0 Å². The predicted octanol–water partition coefficient (Wildman–Crippen LogP) is 4.63. The third kappa shape index (κ3) is 3.38. The van der Waals surface area contributed by atoms with Crippen LogP contribution in [0.3, 0.4) is 0 Å². The van der Waals surface area contributed by atoms with Gasteiger partial charge in [-0.05, 0) is 59.0 Å². The highest BCUT2D eigenvalue weighted by atomic mass is 79.9. The highest BCUT2D eigenvalue weighted by Gasteiger charge is 2.27. The van der Waals surface area contributed by atoms with Crippen LogP contribution in [0.2, 0.25) is 0 Å². The Bertz CT molecular complexity index is 659. The van der Waals surface area contributed by atoms with E-state index in [4.69, 9.17) is 0 Å². The molecule has 108 valence electrons. The number of thioether (sulfide) groups is 1. The summed E-state index contributed by atoms with van der Waals surface area (Å²) in [5, 5.41) is 0. The van der Waals surface area contributed by atoms with Crippen molar-refractivity contribution in [2.75, 3.05) is 5.75 Å². The maximum absolute atomic E-state index is 12.6. The van der Waals surface area contributed by atoms with Gasteiger partial charge in [-0.15, -0.1) is 11.8 Å². The van der Waals surface area contributed by atoms with Crippen molar-refractivity contribution < 1.29 is 4.79 Å². The van der Waals surface area contributed by atoms with E-state index in [1.54, 1.807) is 18.0 Å². The van der Waals surface area contributed by atoms with Gasteiger partial charge in [-0.25, -0.2) is 0 Å². The minimum Gasteiger partial charge on any atom is -0.298 e. The Morgan fingerprint density at radius 2 is 2.14 bits per heavy atom. The molecule has 0 fully saturated rings. The van der Waals surface area contributed by atoms with Crippen molar-refractivity contribution in [1.82, 2.24) is 4.98 Å². The van der Waals surface area contributed by atoms with Crippen LogP contribution in [-0.2, 0) is 11.2 Å². The number of carbonyl (C=O) groups excluding carboxylic acids is 1. The van der Waals surface area contributed by atoms with Crippen molar-refractivity contribution in [2.24, 2.45) is 0 Å². The number of Topliss-reactive ketones (excluding diaryl/α,β-unsaturated/α-hetero) is 1. The fraction of sp³-hybridized carbons (Fsp3) is 0.294. The monoisotopic (exact) mass is 361 g/mol. The molecular weight excluding hydrogens is 346 g/mol. The molecule has 0 aliphatic heterocycles. The average molecular weight is 362 g/mol. The van der Waals surface area contributed by atoms with Gasteiger partial charge in [0.05, 0.1) is 17.4 Å². The normalized spacial score (nSPS) is 17.3. The molecule has 0 radical (unpaired) electrons. The average Bonchev–Trinajstić information content (AvgIpc) is 2.53. The van der Waals surface area contributed by atoms with Gasteiger partial charge < -0.3 is 0 Å². The molecule has 0 saturated heterocycles. The highest BCUT2D eigenvalue weighted by Crippen LogP contribution is 2.33. The lowest BCUT2D eigenvalue weighted by Gasteiger charge is -2.23. The lowest BCUT2D eigenvalue weighted by atomic mass is 9.84. The van der Waals surface area contributed by atoms with E-state index >= 15 is 0 Å². The van der Waals surface area contributed by atoms with Crippen LogP contribution in [0.1, 0.15) is 30.0 Å². The van der Waals surface area contributed by atoms with Gasteiger partial charge >= 0.3 is 0 Å². The number of aromatic nitrogens is 1. The smallest absolute Gasteiger partial charge is 0.152 e. The minimum absolute atomic E-state index is 0.0232. The first kappa shape index (κ1) is 14.8. The van der Waals surface area contributed by atoms with Crippen molar-refractivity contribution in [3.63, 3.8) is 0 Å². The largest absolute Gasteiger partial charge is 0.298 e. The Hall–Kier alpha value is -1.13. The first-order valence-electron chi connectivity index (χ1n) is 7.09. The number of carbonyl (C=O) groups is 1. The summed E-state index contributed by atoms with van der Waals surface area (Å²) in [5.74, 6) is 0.767. The molecule has 0 bridgehead atoms. The summed E-state index contributed by atoms with van der Waals surface area (Å²) in [6, 6.07) is 12.1. The standard InChI is InChI=1S/C17H16BrNOS/c18-14-8-1-2-9-16(14)21-11-15(20)13-7-3-5-12-6-4-10-19-17(12)13/h1-2,4,6,8-10,13H,3,5,7,11H2. The van der Waals surface area contributed by atoms with Crippen molar-refractivity contribution in [3.05, 3.63) is 58.3 Å². The molecule has 1 atom stereocenters. The molecule has 2 nitrogen and oxygen atoms in total. The molecule has 4 heteroatoms. The summed E-state index contributed by atoms with van der Waals surface area (Å²) in [6.07, 6.45) is 4.85. The zero-order valence-electron chi connectivity index (χ0n) is 11.6. The van der Waals surface area contributed by atoms with Gasteiger partial charge in [0, 0.05) is 15.6 Å². The minimum atomic E-state index is -0.0232. The summed E-state index contributed by atoms with van der Waals surface area (Å²) in [5.41, 5.74) is 2.24. The summed E-state index contributed by atoms with van der Waals surface area (Å²) < 4.78 is 1.05. The third-order valence-corrected chi connectivity index (χ3v) is 5.84. The molecule has 0 saturated carbocycles. The number of halogens is 1. The van der Waals surface area contributed by atoms with Crippen LogP contribution in [-0.4, -0.2) is 16.5 Å². The molecule has 0 N–H and O–H groups in total. The number of fused-ring (bicyclic) bond motifs is 1.